The van der Waals surface area contributed by atoms with E-state index in [9.17, 15) is 14.9 Å². The highest BCUT2D eigenvalue weighted by atomic mass is 79.9. The van der Waals surface area contributed by atoms with Crippen LogP contribution in [0.2, 0.25) is 0 Å². The summed E-state index contributed by atoms with van der Waals surface area (Å²) in [6.45, 7) is 3.17. The van der Waals surface area contributed by atoms with Crippen molar-refractivity contribution >= 4 is 27.6 Å². The van der Waals surface area contributed by atoms with Crippen LogP contribution in [0, 0.1) is 24.0 Å². The molecule has 0 aliphatic heterocycles. The average molecular weight is 398 g/mol. The Morgan fingerprint density at radius 2 is 2.12 bits per heavy atom. The molecule has 0 unspecified atom stereocenters. The molecule has 0 saturated heterocycles. The number of nitrogens with zero attached hydrogens (tertiary/aromatic N) is 3. The number of rotatable bonds is 7. The first-order valence-electron chi connectivity index (χ1n) is 7.11. The van der Waals surface area contributed by atoms with Crippen molar-refractivity contribution in [2.24, 2.45) is 0 Å². The van der Waals surface area contributed by atoms with Crippen molar-refractivity contribution in [2.45, 2.75) is 20.4 Å². The number of halogens is 1. The summed E-state index contributed by atoms with van der Waals surface area (Å²) in [6.07, 6.45) is 0. The van der Waals surface area contributed by atoms with E-state index in [1.54, 1.807) is 19.1 Å². The molecule has 2 aromatic rings. The second-order valence-corrected chi connectivity index (χ2v) is 5.88. The van der Waals surface area contributed by atoms with E-state index in [1.165, 1.54) is 11.6 Å². The van der Waals surface area contributed by atoms with Gasteiger partial charge >= 0.3 is 11.7 Å². The molecule has 24 heavy (non-hydrogen) atoms. The van der Waals surface area contributed by atoms with Crippen molar-refractivity contribution in [1.29, 1.82) is 0 Å². The summed E-state index contributed by atoms with van der Waals surface area (Å²) in [5.41, 5.74) is 0.504. The van der Waals surface area contributed by atoms with Crippen molar-refractivity contribution in [3.63, 3.8) is 0 Å². The van der Waals surface area contributed by atoms with Crippen LogP contribution in [0.4, 0.5) is 5.69 Å². The SMILES string of the molecule is Cc1nn(CC(=O)OCCOc2cccc(Br)c2)c(C)c1[N+](=O)[O-]. The molecule has 0 spiro atoms. The Hall–Kier alpha value is -2.42. The van der Waals surface area contributed by atoms with Gasteiger partial charge in [-0.15, -0.1) is 0 Å². The molecule has 2 rings (SSSR count). The van der Waals surface area contributed by atoms with E-state index in [4.69, 9.17) is 9.47 Å². The maximum atomic E-state index is 11.8. The first-order valence-corrected chi connectivity index (χ1v) is 7.90. The van der Waals surface area contributed by atoms with Gasteiger partial charge in [0.15, 0.2) is 0 Å². The Labute approximate surface area is 146 Å². The van der Waals surface area contributed by atoms with Crippen LogP contribution in [-0.2, 0) is 16.1 Å². The van der Waals surface area contributed by atoms with Crippen LogP contribution in [0.25, 0.3) is 0 Å². The third-order valence-electron chi connectivity index (χ3n) is 3.22. The number of carbonyl (C=O) groups is 1. The third-order valence-corrected chi connectivity index (χ3v) is 3.71. The second-order valence-electron chi connectivity index (χ2n) is 4.96. The largest absolute Gasteiger partial charge is 0.490 e. The van der Waals surface area contributed by atoms with Gasteiger partial charge in [0, 0.05) is 4.47 Å². The molecule has 0 fully saturated rings. The van der Waals surface area contributed by atoms with E-state index >= 15 is 0 Å². The van der Waals surface area contributed by atoms with Gasteiger partial charge < -0.3 is 9.47 Å². The molecule has 8 nitrogen and oxygen atoms in total. The van der Waals surface area contributed by atoms with Gasteiger partial charge in [0.25, 0.3) is 0 Å². The zero-order valence-electron chi connectivity index (χ0n) is 13.2. The van der Waals surface area contributed by atoms with E-state index in [2.05, 4.69) is 21.0 Å². The molecule has 9 heteroatoms. The Morgan fingerprint density at radius 3 is 2.75 bits per heavy atom. The fraction of sp³-hybridized carbons (Fsp3) is 0.333. The number of nitro groups is 1. The molecule has 0 bridgehead atoms. The highest BCUT2D eigenvalue weighted by Gasteiger charge is 2.22. The minimum atomic E-state index is -0.534. The molecular weight excluding hydrogens is 382 g/mol. The fourth-order valence-electron chi connectivity index (χ4n) is 2.15. The van der Waals surface area contributed by atoms with Gasteiger partial charge in [0.2, 0.25) is 0 Å². The van der Waals surface area contributed by atoms with E-state index < -0.39 is 10.9 Å². The van der Waals surface area contributed by atoms with Crippen molar-refractivity contribution in [1.82, 2.24) is 9.78 Å². The maximum absolute atomic E-state index is 11.8. The van der Waals surface area contributed by atoms with E-state index in [1.807, 2.05) is 12.1 Å². The number of hydrogen-bond acceptors (Lipinski definition) is 6. The van der Waals surface area contributed by atoms with Crippen LogP contribution in [0.15, 0.2) is 28.7 Å². The van der Waals surface area contributed by atoms with Gasteiger partial charge in [-0.25, -0.2) is 0 Å². The Morgan fingerprint density at radius 1 is 1.38 bits per heavy atom. The minimum Gasteiger partial charge on any atom is -0.490 e. The lowest BCUT2D eigenvalue weighted by atomic mass is 10.3. The number of aryl methyl sites for hydroxylation is 1. The molecule has 1 aromatic heterocycles. The number of aromatic nitrogens is 2. The summed E-state index contributed by atoms with van der Waals surface area (Å²) in [4.78, 5) is 22.2. The lowest BCUT2D eigenvalue weighted by Gasteiger charge is -2.08. The van der Waals surface area contributed by atoms with Gasteiger partial charge in [-0.1, -0.05) is 22.0 Å². The summed E-state index contributed by atoms with van der Waals surface area (Å²) >= 11 is 3.33. The number of benzene rings is 1. The lowest BCUT2D eigenvalue weighted by Crippen LogP contribution is -2.18. The molecular formula is C15H16BrN3O5. The Bertz CT molecular complexity index is 760. The quantitative estimate of drug-likeness (QED) is 0.308. The van der Waals surface area contributed by atoms with Crippen molar-refractivity contribution in [2.75, 3.05) is 13.2 Å². The van der Waals surface area contributed by atoms with E-state index in [0.29, 0.717) is 11.4 Å². The lowest BCUT2D eigenvalue weighted by molar-refractivity contribution is -0.386. The van der Waals surface area contributed by atoms with Gasteiger partial charge in [-0.05, 0) is 32.0 Å². The highest BCUT2D eigenvalue weighted by Crippen LogP contribution is 2.21. The molecule has 0 N–H and O–H groups in total. The normalized spacial score (nSPS) is 10.5. The van der Waals surface area contributed by atoms with E-state index in [0.717, 1.165) is 4.47 Å². The van der Waals surface area contributed by atoms with Gasteiger partial charge in [-0.3, -0.25) is 19.6 Å². The highest BCUT2D eigenvalue weighted by molar-refractivity contribution is 9.10. The predicted octanol–water partition coefficient (Wildman–Crippen LogP) is 2.79. The van der Waals surface area contributed by atoms with Crippen molar-refractivity contribution in [3.05, 3.63) is 50.2 Å². The first-order chi connectivity index (χ1) is 11.4. The molecule has 0 aliphatic rings. The monoisotopic (exact) mass is 397 g/mol. The molecule has 1 heterocycles. The molecule has 0 saturated carbocycles. The topological polar surface area (TPSA) is 96.5 Å². The third kappa shape index (κ3) is 4.54. The van der Waals surface area contributed by atoms with Gasteiger partial charge in [-0.2, -0.15) is 5.10 Å². The van der Waals surface area contributed by atoms with Crippen LogP contribution in [0.1, 0.15) is 11.4 Å². The van der Waals surface area contributed by atoms with Crippen molar-refractivity contribution in [3.8, 4) is 5.75 Å². The van der Waals surface area contributed by atoms with Crippen molar-refractivity contribution < 1.29 is 19.2 Å². The average Bonchev–Trinajstić information content (AvgIpc) is 2.78. The molecule has 0 amide bonds. The Kier molecular flexibility index (Phi) is 5.91. The number of carbonyl (C=O) groups excluding carboxylic acids is 1. The maximum Gasteiger partial charge on any atom is 0.327 e. The second kappa shape index (κ2) is 7.91. The van der Waals surface area contributed by atoms with Crippen LogP contribution >= 0.6 is 15.9 Å². The summed E-state index contributed by atoms with van der Waals surface area (Å²) in [5, 5.41) is 14.9. The standard InChI is InChI=1S/C15H16BrN3O5/c1-10-15(19(21)22)11(2)18(17-10)9-14(20)24-7-6-23-13-5-3-4-12(16)8-13/h3-5,8H,6-7,9H2,1-2H3. The molecule has 0 atom stereocenters. The summed E-state index contributed by atoms with van der Waals surface area (Å²) in [5.74, 6) is 0.128. The van der Waals surface area contributed by atoms with Gasteiger partial charge in [0.1, 0.15) is 36.9 Å². The molecule has 0 radical (unpaired) electrons. The molecule has 1 aromatic carbocycles. The number of esters is 1. The van der Waals surface area contributed by atoms with E-state index in [-0.39, 0.29) is 31.1 Å². The summed E-state index contributed by atoms with van der Waals surface area (Å²) < 4.78 is 12.7. The molecule has 128 valence electrons. The first kappa shape index (κ1) is 17.9. The summed E-state index contributed by atoms with van der Waals surface area (Å²) in [6, 6.07) is 7.31. The minimum absolute atomic E-state index is 0.0761. The number of ether oxygens (including phenoxy) is 2. The number of hydrogen-bond donors (Lipinski definition) is 0. The zero-order chi connectivity index (χ0) is 17.7. The zero-order valence-corrected chi connectivity index (χ0v) is 14.8. The summed E-state index contributed by atoms with van der Waals surface area (Å²) in [7, 11) is 0. The molecule has 0 aliphatic carbocycles. The Balaban J connectivity index is 1.82. The van der Waals surface area contributed by atoms with Gasteiger partial charge in [0.05, 0.1) is 4.92 Å². The smallest absolute Gasteiger partial charge is 0.327 e. The predicted molar refractivity (Wildman–Crippen MR) is 89.0 cm³/mol. The fourth-order valence-corrected chi connectivity index (χ4v) is 2.52. The van der Waals surface area contributed by atoms with Crippen LogP contribution in [0.5, 0.6) is 5.75 Å². The van der Waals surface area contributed by atoms with Crippen LogP contribution in [0.3, 0.4) is 0 Å². The van der Waals surface area contributed by atoms with Crippen LogP contribution < -0.4 is 4.74 Å². The van der Waals surface area contributed by atoms with Crippen LogP contribution in [-0.4, -0.2) is 33.9 Å².